The van der Waals surface area contributed by atoms with Crippen LogP contribution in [0.3, 0.4) is 0 Å². The van der Waals surface area contributed by atoms with E-state index in [1.54, 1.807) is 12.4 Å². The molecule has 3 aliphatic rings. The lowest BCUT2D eigenvalue weighted by Gasteiger charge is -2.32. The van der Waals surface area contributed by atoms with Crippen LogP contribution in [-0.4, -0.2) is 47.1 Å². The Bertz CT molecular complexity index is 544. The summed E-state index contributed by atoms with van der Waals surface area (Å²) in [6.45, 7) is 1.80. The van der Waals surface area contributed by atoms with Crippen molar-refractivity contribution in [2.24, 2.45) is 5.92 Å². The molecule has 1 aromatic heterocycles. The van der Waals surface area contributed by atoms with Gasteiger partial charge >= 0.3 is 0 Å². The number of rotatable bonds is 3. The number of hydrogen-bond acceptors (Lipinski definition) is 5. The first-order valence-corrected chi connectivity index (χ1v) is 9.38. The van der Waals surface area contributed by atoms with E-state index in [4.69, 9.17) is 0 Å². The first kappa shape index (κ1) is 15.8. The molecule has 6 nitrogen and oxygen atoms in total. The van der Waals surface area contributed by atoms with E-state index in [-0.39, 0.29) is 18.0 Å². The fourth-order valence-corrected chi connectivity index (χ4v) is 4.50. The minimum Gasteiger partial charge on any atom is -0.352 e. The maximum absolute atomic E-state index is 12.6. The zero-order valence-corrected chi connectivity index (χ0v) is 14.2. The van der Waals surface area contributed by atoms with E-state index < -0.39 is 0 Å². The van der Waals surface area contributed by atoms with Gasteiger partial charge in [0.05, 0.1) is 6.04 Å². The van der Waals surface area contributed by atoms with Crippen molar-refractivity contribution in [3.63, 3.8) is 0 Å². The molecule has 4 rings (SSSR count). The van der Waals surface area contributed by atoms with Crippen LogP contribution in [0.2, 0.25) is 0 Å². The monoisotopic (exact) mass is 329 g/mol. The van der Waals surface area contributed by atoms with Crippen molar-refractivity contribution in [3.8, 4) is 0 Å². The Balaban J connectivity index is 1.26. The number of carbonyl (C=O) groups is 1. The van der Waals surface area contributed by atoms with Gasteiger partial charge in [0.25, 0.3) is 0 Å². The first-order valence-electron chi connectivity index (χ1n) is 9.38. The number of anilines is 1. The number of nitrogens with zero attached hydrogens (tertiary/aromatic N) is 3. The molecular formula is C18H27N5O. The number of hydrogen-bond donors (Lipinski definition) is 2. The summed E-state index contributed by atoms with van der Waals surface area (Å²) in [5.74, 6) is 1.72. The second kappa shape index (κ2) is 7.05. The highest BCUT2D eigenvalue weighted by Gasteiger charge is 2.38. The highest BCUT2D eigenvalue weighted by molar-refractivity contribution is 5.82. The van der Waals surface area contributed by atoms with Crippen molar-refractivity contribution in [2.45, 2.75) is 63.1 Å². The van der Waals surface area contributed by atoms with E-state index in [1.807, 2.05) is 6.07 Å². The smallest absolute Gasteiger partial charge is 0.237 e. The van der Waals surface area contributed by atoms with Gasteiger partial charge in [-0.25, -0.2) is 9.97 Å². The van der Waals surface area contributed by atoms with Gasteiger partial charge in [0.15, 0.2) is 0 Å². The molecule has 1 amide bonds. The number of fused-ring (bicyclic) bond motifs is 1. The Labute approximate surface area is 143 Å². The molecule has 2 aliphatic heterocycles. The normalized spacial score (nSPS) is 30.8. The van der Waals surface area contributed by atoms with E-state index in [2.05, 4.69) is 25.5 Å². The molecule has 130 valence electrons. The van der Waals surface area contributed by atoms with Crippen molar-refractivity contribution >= 4 is 11.9 Å². The third-order valence-electron chi connectivity index (χ3n) is 5.86. The summed E-state index contributed by atoms with van der Waals surface area (Å²) < 4.78 is 0. The van der Waals surface area contributed by atoms with Gasteiger partial charge < -0.3 is 15.5 Å². The highest BCUT2D eigenvalue weighted by Crippen LogP contribution is 2.33. The lowest BCUT2D eigenvalue weighted by atomic mass is 9.85. The zero-order valence-electron chi connectivity index (χ0n) is 14.2. The Morgan fingerprint density at radius 2 is 1.88 bits per heavy atom. The van der Waals surface area contributed by atoms with E-state index in [0.29, 0.717) is 12.0 Å². The van der Waals surface area contributed by atoms with Crippen LogP contribution in [-0.2, 0) is 4.79 Å². The van der Waals surface area contributed by atoms with Gasteiger partial charge in [-0.3, -0.25) is 4.79 Å². The topological polar surface area (TPSA) is 70.2 Å². The molecule has 2 N–H and O–H groups in total. The molecule has 2 saturated heterocycles. The minimum atomic E-state index is 0.0218. The van der Waals surface area contributed by atoms with E-state index in [9.17, 15) is 4.79 Å². The SMILES string of the molecule is O=C(NC1CCN(c2ncccn2)CC1)C1CC2CCCCC2N1. The number of amides is 1. The molecule has 3 atom stereocenters. The van der Waals surface area contributed by atoms with Gasteiger partial charge in [-0.2, -0.15) is 0 Å². The van der Waals surface area contributed by atoms with Crippen LogP contribution in [0.1, 0.15) is 44.9 Å². The Kier molecular flexibility index (Phi) is 4.65. The third kappa shape index (κ3) is 3.38. The molecule has 1 saturated carbocycles. The predicted molar refractivity (Wildman–Crippen MR) is 92.7 cm³/mol. The van der Waals surface area contributed by atoms with E-state index in [1.165, 1.54) is 25.7 Å². The van der Waals surface area contributed by atoms with Crippen LogP contribution in [0.25, 0.3) is 0 Å². The Hall–Kier alpha value is -1.69. The highest BCUT2D eigenvalue weighted by atomic mass is 16.2. The maximum Gasteiger partial charge on any atom is 0.237 e. The summed E-state index contributed by atoms with van der Waals surface area (Å²) >= 11 is 0. The van der Waals surface area contributed by atoms with Crippen LogP contribution in [0.5, 0.6) is 0 Å². The molecule has 1 aromatic rings. The largest absolute Gasteiger partial charge is 0.352 e. The molecule has 1 aliphatic carbocycles. The van der Waals surface area contributed by atoms with Crippen LogP contribution < -0.4 is 15.5 Å². The van der Waals surface area contributed by atoms with Crippen molar-refractivity contribution in [3.05, 3.63) is 18.5 Å². The third-order valence-corrected chi connectivity index (χ3v) is 5.86. The summed E-state index contributed by atoms with van der Waals surface area (Å²) in [6.07, 6.45) is 11.7. The van der Waals surface area contributed by atoms with Gasteiger partial charge in [-0.1, -0.05) is 12.8 Å². The Morgan fingerprint density at radius 3 is 2.62 bits per heavy atom. The average Bonchev–Trinajstić information content (AvgIpc) is 3.07. The summed E-state index contributed by atoms with van der Waals surface area (Å²) in [5, 5.41) is 6.85. The lowest BCUT2D eigenvalue weighted by Crippen LogP contribution is -2.50. The maximum atomic E-state index is 12.6. The number of carbonyl (C=O) groups excluding carboxylic acids is 1. The van der Waals surface area contributed by atoms with Crippen molar-refractivity contribution in [2.75, 3.05) is 18.0 Å². The quantitative estimate of drug-likeness (QED) is 0.879. The fraction of sp³-hybridized carbons (Fsp3) is 0.722. The second-order valence-corrected chi connectivity index (χ2v) is 7.42. The number of nitrogens with one attached hydrogen (secondary N) is 2. The standard InChI is InChI=1S/C18H27N5O/c24-17(16-12-13-4-1-2-5-15(13)22-16)21-14-6-10-23(11-7-14)18-19-8-3-9-20-18/h3,8-9,13-16,22H,1-2,4-7,10-12H2,(H,21,24). The van der Waals surface area contributed by atoms with Crippen LogP contribution in [0, 0.1) is 5.92 Å². The molecule has 0 spiro atoms. The summed E-state index contributed by atoms with van der Waals surface area (Å²) in [7, 11) is 0. The molecule has 0 bridgehead atoms. The Morgan fingerprint density at radius 1 is 1.12 bits per heavy atom. The van der Waals surface area contributed by atoms with Crippen LogP contribution in [0.4, 0.5) is 5.95 Å². The van der Waals surface area contributed by atoms with Crippen LogP contribution in [0.15, 0.2) is 18.5 Å². The molecular weight excluding hydrogens is 302 g/mol. The molecule has 3 fully saturated rings. The molecule has 0 aromatic carbocycles. The van der Waals surface area contributed by atoms with Gasteiger partial charge in [-0.05, 0) is 44.1 Å². The van der Waals surface area contributed by atoms with Gasteiger partial charge in [0.1, 0.15) is 0 Å². The van der Waals surface area contributed by atoms with Crippen molar-refractivity contribution < 1.29 is 4.79 Å². The van der Waals surface area contributed by atoms with E-state index in [0.717, 1.165) is 38.3 Å². The summed E-state index contributed by atoms with van der Waals surface area (Å²) in [6, 6.07) is 2.71. The number of piperidine rings is 1. The molecule has 3 unspecified atom stereocenters. The average molecular weight is 329 g/mol. The zero-order chi connectivity index (χ0) is 16.4. The number of aromatic nitrogens is 2. The lowest BCUT2D eigenvalue weighted by molar-refractivity contribution is -0.123. The molecule has 24 heavy (non-hydrogen) atoms. The van der Waals surface area contributed by atoms with E-state index >= 15 is 0 Å². The predicted octanol–water partition coefficient (Wildman–Crippen LogP) is 1.48. The van der Waals surface area contributed by atoms with Crippen molar-refractivity contribution in [1.82, 2.24) is 20.6 Å². The van der Waals surface area contributed by atoms with Gasteiger partial charge in [-0.15, -0.1) is 0 Å². The minimum absolute atomic E-state index is 0.0218. The fourth-order valence-electron chi connectivity index (χ4n) is 4.50. The van der Waals surface area contributed by atoms with Gasteiger partial charge in [0, 0.05) is 37.6 Å². The van der Waals surface area contributed by atoms with Gasteiger partial charge in [0.2, 0.25) is 11.9 Å². The molecule has 6 heteroatoms. The molecule has 3 heterocycles. The molecule has 0 radical (unpaired) electrons. The van der Waals surface area contributed by atoms with Crippen LogP contribution >= 0.6 is 0 Å². The summed E-state index contributed by atoms with van der Waals surface area (Å²) in [5.41, 5.74) is 0. The second-order valence-electron chi connectivity index (χ2n) is 7.42. The van der Waals surface area contributed by atoms with Crippen molar-refractivity contribution in [1.29, 1.82) is 0 Å². The first-order chi connectivity index (χ1) is 11.8. The summed E-state index contributed by atoms with van der Waals surface area (Å²) in [4.78, 5) is 23.4.